The van der Waals surface area contributed by atoms with Crippen molar-refractivity contribution in [1.82, 2.24) is 24.7 Å². The summed E-state index contributed by atoms with van der Waals surface area (Å²) in [5, 5.41) is 9.80. The summed E-state index contributed by atoms with van der Waals surface area (Å²) in [6.45, 7) is 0. The molecule has 9 heteroatoms. The lowest BCUT2D eigenvalue weighted by Crippen LogP contribution is -2.18. The van der Waals surface area contributed by atoms with E-state index in [1.54, 1.807) is 7.05 Å². The maximum atomic E-state index is 12.3. The number of nitrogens with zero attached hydrogens (tertiary/aromatic N) is 4. The fourth-order valence-electron chi connectivity index (χ4n) is 2.54. The molecule has 0 atom stereocenters. The van der Waals surface area contributed by atoms with E-state index in [0.29, 0.717) is 5.13 Å². The van der Waals surface area contributed by atoms with E-state index in [1.807, 2.05) is 0 Å². The quantitative estimate of drug-likeness (QED) is 0.729. The van der Waals surface area contributed by atoms with Crippen LogP contribution in [0, 0.1) is 0 Å². The molecule has 0 aliphatic heterocycles. The average molecular weight is 316 g/mol. The number of hydrogen-bond donors (Lipinski definition) is 2. The summed E-state index contributed by atoms with van der Waals surface area (Å²) in [6, 6.07) is 0. The van der Waals surface area contributed by atoms with Crippen molar-refractivity contribution >= 4 is 33.4 Å². The first-order chi connectivity index (χ1) is 10.6. The molecule has 112 valence electrons. The van der Waals surface area contributed by atoms with Crippen molar-refractivity contribution in [3.63, 3.8) is 0 Å². The summed E-state index contributed by atoms with van der Waals surface area (Å²) in [6.07, 6.45) is 4.48. The number of fused-ring (bicyclic) bond motifs is 2. The van der Waals surface area contributed by atoms with Crippen LogP contribution in [0.25, 0.3) is 11.0 Å². The number of aryl methyl sites for hydroxylation is 3. The van der Waals surface area contributed by atoms with Gasteiger partial charge in [-0.05, 0) is 19.3 Å². The molecule has 4 rings (SSSR count). The number of carbonyl (C=O) groups excluding carboxylic acids is 1. The zero-order valence-electron chi connectivity index (χ0n) is 11.7. The minimum Gasteiger partial charge on any atom is -0.301 e. The standard InChI is InChI=1S/C13H12N6O2S/c1-19-5-14-8-9(17-18-10(8)12(19)21)11(20)16-13-15-6-3-2-4-7(6)22-13/h5H,2-4H2,1H3,(H,17,18)(H,15,16,20). The van der Waals surface area contributed by atoms with Crippen LogP contribution in [0.15, 0.2) is 11.1 Å². The molecule has 8 nitrogen and oxygen atoms in total. The molecule has 3 aromatic heterocycles. The van der Waals surface area contributed by atoms with Crippen molar-refractivity contribution in [1.29, 1.82) is 0 Å². The molecular weight excluding hydrogens is 304 g/mol. The Bertz CT molecular complexity index is 932. The van der Waals surface area contributed by atoms with Gasteiger partial charge in [0.1, 0.15) is 5.52 Å². The third kappa shape index (κ3) is 1.93. The Labute approximate surface area is 128 Å². The van der Waals surface area contributed by atoms with Crippen LogP contribution in [0.5, 0.6) is 0 Å². The van der Waals surface area contributed by atoms with E-state index in [9.17, 15) is 9.59 Å². The summed E-state index contributed by atoms with van der Waals surface area (Å²) >= 11 is 1.49. The number of thiazole rings is 1. The van der Waals surface area contributed by atoms with Crippen molar-refractivity contribution in [2.45, 2.75) is 19.3 Å². The highest BCUT2D eigenvalue weighted by Gasteiger charge is 2.21. The smallest absolute Gasteiger partial charge is 0.280 e. The first-order valence-electron chi connectivity index (χ1n) is 6.83. The molecule has 0 spiro atoms. The number of nitrogens with one attached hydrogen (secondary N) is 2. The molecule has 0 aromatic carbocycles. The van der Waals surface area contributed by atoms with Gasteiger partial charge in [-0.2, -0.15) is 5.10 Å². The van der Waals surface area contributed by atoms with E-state index in [1.165, 1.54) is 27.1 Å². The molecule has 0 saturated heterocycles. The number of aromatic amines is 1. The molecule has 1 aliphatic rings. The lowest BCUT2D eigenvalue weighted by molar-refractivity contribution is 0.102. The van der Waals surface area contributed by atoms with Crippen LogP contribution in [0.3, 0.4) is 0 Å². The van der Waals surface area contributed by atoms with E-state index in [4.69, 9.17) is 0 Å². The van der Waals surface area contributed by atoms with Crippen LogP contribution in [0.1, 0.15) is 27.5 Å². The topological polar surface area (TPSA) is 106 Å². The zero-order valence-corrected chi connectivity index (χ0v) is 12.5. The van der Waals surface area contributed by atoms with Crippen LogP contribution in [-0.4, -0.2) is 30.6 Å². The van der Waals surface area contributed by atoms with Crippen molar-refractivity contribution in [3.8, 4) is 0 Å². The Hall–Kier alpha value is -2.55. The van der Waals surface area contributed by atoms with E-state index >= 15 is 0 Å². The van der Waals surface area contributed by atoms with Crippen LogP contribution >= 0.6 is 11.3 Å². The Balaban J connectivity index is 1.68. The Morgan fingerprint density at radius 2 is 2.32 bits per heavy atom. The van der Waals surface area contributed by atoms with Gasteiger partial charge in [0.2, 0.25) is 0 Å². The number of hydrogen-bond acceptors (Lipinski definition) is 6. The molecule has 3 aromatic rings. The highest BCUT2D eigenvalue weighted by atomic mass is 32.1. The van der Waals surface area contributed by atoms with Gasteiger partial charge in [-0.3, -0.25) is 20.0 Å². The maximum Gasteiger partial charge on any atom is 0.280 e. The number of carbonyl (C=O) groups is 1. The van der Waals surface area contributed by atoms with Gasteiger partial charge >= 0.3 is 0 Å². The maximum absolute atomic E-state index is 12.3. The van der Waals surface area contributed by atoms with Crippen molar-refractivity contribution in [2.24, 2.45) is 7.05 Å². The molecule has 1 amide bonds. The van der Waals surface area contributed by atoms with Gasteiger partial charge in [-0.25, -0.2) is 9.97 Å². The second-order valence-electron chi connectivity index (χ2n) is 5.15. The minimum absolute atomic E-state index is 0.100. The second-order valence-corrected chi connectivity index (χ2v) is 6.24. The zero-order chi connectivity index (χ0) is 15.3. The monoisotopic (exact) mass is 316 g/mol. The van der Waals surface area contributed by atoms with Crippen molar-refractivity contribution in [2.75, 3.05) is 5.32 Å². The summed E-state index contributed by atoms with van der Waals surface area (Å²) in [5.74, 6) is -0.417. The lowest BCUT2D eigenvalue weighted by Gasteiger charge is -1.99. The lowest BCUT2D eigenvalue weighted by atomic mass is 10.3. The van der Waals surface area contributed by atoms with Gasteiger partial charge in [0.15, 0.2) is 16.3 Å². The van der Waals surface area contributed by atoms with Crippen LogP contribution < -0.4 is 10.9 Å². The normalized spacial score (nSPS) is 13.5. The largest absolute Gasteiger partial charge is 0.301 e. The fraction of sp³-hybridized carbons (Fsp3) is 0.308. The summed E-state index contributed by atoms with van der Waals surface area (Å²) in [5.41, 5.74) is 1.38. The molecule has 0 fully saturated rings. The molecule has 1 aliphatic carbocycles. The third-order valence-corrected chi connectivity index (χ3v) is 4.74. The molecule has 0 radical (unpaired) electrons. The van der Waals surface area contributed by atoms with Crippen molar-refractivity contribution in [3.05, 3.63) is 32.9 Å². The average Bonchev–Trinajstić information content (AvgIpc) is 3.16. The number of rotatable bonds is 2. The van der Waals surface area contributed by atoms with E-state index in [2.05, 4.69) is 25.5 Å². The Kier molecular flexibility index (Phi) is 2.83. The first-order valence-corrected chi connectivity index (χ1v) is 7.65. The number of anilines is 1. The van der Waals surface area contributed by atoms with Crippen LogP contribution in [0.4, 0.5) is 5.13 Å². The Morgan fingerprint density at radius 1 is 1.45 bits per heavy atom. The van der Waals surface area contributed by atoms with Gasteiger partial charge < -0.3 is 4.57 Å². The van der Waals surface area contributed by atoms with Crippen molar-refractivity contribution < 1.29 is 4.79 Å². The SMILES string of the molecule is Cn1cnc2c(C(=O)Nc3nc4c(s3)CCC4)n[nH]c2c1=O. The molecule has 3 heterocycles. The molecule has 0 bridgehead atoms. The number of aromatic nitrogens is 5. The van der Waals surface area contributed by atoms with E-state index in [0.717, 1.165) is 25.0 Å². The van der Waals surface area contributed by atoms with Crippen LogP contribution in [0.2, 0.25) is 0 Å². The summed E-state index contributed by atoms with van der Waals surface area (Å²) in [4.78, 5) is 34.0. The van der Waals surface area contributed by atoms with Gasteiger partial charge in [0.05, 0.1) is 12.0 Å². The van der Waals surface area contributed by atoms with Gasteiger partial charge in [-0.15, -0.1) is 11.3 Å². The molecule has 0 saturated carbocycles. The van der Waals surface area contributed by atoms with Crippen LogP contribution in [-0.2, 0) is 19.9 Å². The summed E-state index contributed by atoms with van der Waals surface area (Å²) < 4.78 is 1.33. The predicted octanol–water partition coefficient (Wildman–Crippen LogP) is 0.854. The predicted molar refractivity (Wildman–Crippen MR) is 81.2 cm³/mol. The van der Waals surface area contributed by atoms with E-state index < -0.39 is 5.91 Å². The second kappa shape index (κ2) is 4.73. The molecule has 22 heavy (non-hydrogen) atoms. The third-order valence-electron chi connectivity index (χ3n) is 3.67. The fourth-order valence-corrected chi connectivity index (χ4v) is 3.59. The van der Waals surface area contributed by atoms with Gasteiger partial charge in [0, 0.05) is 11.9 Å². The summed E-state index contributed by atoms with van der Waals surface area (Å²) in [7, 11) is 1.59. The minimum atomic E-state index is -0.417. The van der Waals surface area contributed by atoms with E-state index in [-0.39, 0.29) is 22.3 Å². The highest BCUT2D eigenvalue weighted by molar-refractivity contribution is 7.16. The van der Waals surface area contributed by atoms with Gasteiger partial charge in [0.25, 0.3) is 11.5 Å². The number of H-pyrrole nitrogens is 1. The molecule has 2 N–H and O–H groups in total. The first kappa shape index (κ1) is 13.1. The molecule has 0 unspecified atom stereocenters. The highest BCUT2D eigenvalue weighted by Crippen LogP contribution is 2.30. The molecular formula is C13H12N6O2S. The van der Waals surface area contributed by atoms with Gasteiger partial charge in [-0.1, -0.05) is 0 Å². The number of amides is 1. The Morgan fingerprint density at radius 3 is 3.14 bits per heavy atom.